The topological polar surface area (TPSA) is 71.5 Å². The third kappa shape index (κ3) is 3.62. The van der Waals surface area contributed by atoms with E-state index in [1.54, 1.807) is 29.4 Å². The second kappa shape index (κ2) is 7.67. The van der Waals surface area contributed by atoms with Crippen molar-refractivity contribution in [3.63, 3.8) is 0 Å². The van der Waals surface area contributed by atoms with Crippen molar-refractivity contribution in [1.82, 2.24) is 9.88 Å². The summed E-state index contributed by atoms with van der Waals surface area (Å²) in [5.74, 6) is -1.000. The van der Waals surface area contributed by atoms with Gasteiger partial charge in [0.2, 0.25) is 5.91 Å². The highest BCUT2D eigenvalue weighted by Gasteiger charge is 2.51. The van der Waals surface area contributed by atoms with Crippen LogP contribution in [0.2, 0.25) is 0 Å². The molecule has 2 aromatic rings. The molecule has 2 fully saturated rings. The van der Waals surface area contributed by atoms with Gasteiger partial charge in [-0.25, -0.2) is 4.39 Å². The molecule has 4 rings (SSSR count). The Bertz CT molecular complexity index is 851. The van der Waals surface area contributed by atoms with E-state index in [1.807, 2.05) is 0 Å². The number of halogens is 1. The molecule has 28 heavy (non-hydrogen) atoms. The lowest BCUT2D eigenvalue weighted by Crippen LogP contribution is -2.42. The minimum atomic E-state index is -0.382. The minimum absolute atomic E-state index is 0.107. The number of pyridine rings is 1. The van der Waals surface area contributed by atoms with Gasteiger partial charge in [0.05, 0.1) is 17.8 Å². The van der Waals surface area contributed by atoms with Gasteiger partial charge in [0.15, 0.2) is 0 Å². The normalized spacial score (nSPS) is 20.9. The standard InChI is InChI=1S/C21H22FN3O3/c22-16-5-3-15(4-6-16)20(27)25-13-18(21(14-25)7-10-28-11-8-21)19(26)24-17-2-1-9-23-12-17/h1-6,9,12,18H,7-8,10-11,13-14H2,(H,24,26)/t18-/m0/s1. The van der Waals surface area contributed by atoms with E-state index < -0.39 is 0 Å². The fraction of sp³-hybridized carbons (Fsp3) is 0.381. The maximum absolute atomic E-state index is 13.2. The number of nitrogens with zero attached hydrogens (tertiary/aromatic N) is 2. The van der Waals surface area contributed by atoms with Crippen molar-refractivity contribution >= 4 is 17.5 Å². The molecule has 0 saturated carbocycles. The smallest absolute Gasteiger partial charge is 0.253 e. The average molecular weight is 383 g/mol. The molecule has 1 aromatic heterocycles. The van der Waals surface area contributed by atoms with Gasteiger partial charge in [-0.3, -0.25) is 14.6 Å². The zero-order valence-corrected chi connectivity index (χ0v) is 15.4. The number of rotatable bonds is 3. The van der Waals surface area contributed by atoms with Gasteiger partial charge in [0.1, 0.15) is 5.82 Å². The van der Waals surface area contributed by atoms with Crippen LogP contribution in [0.1, 0.15) is 23.2 Å². The first kappa shape index (κ1) is 18.6. The van der Waals surface area contributed by atoms with E-state index in [9.17, 15) is 14.0 Å². The summed E-state index contributed by atoms with van der Waals surface area (Å²) in [5.41, 5.74) is 0.759. The Morgan fingerprint density at radius 1 is 1.18 bits per heavy atom. The highest BCUT2D eigenvalue weighted by molar-refractivity contribution is 5.97. The number of ether oxygens (including phenoxy) is 1. The number of benzene rings is 1. The van der Waals surface area contributed by atoms with Crippen LogP contribution in [-0.4, -0.2) is 48.0 Å². The zero-order valence-electron chi connectivity index (χ0n) is 15.4. The van der Waals surface area contributed by atoms with Gasteiger partial charge in [-0.05, 0) is 49.2 Å². The quantitative estimate of drug-likeness (QED) is 0.885. The van der Waals surface area contributed by atoms with Gasteiger partial charge in [0.25, 0.3) is 5.91 Å². The van der Waals surface area contributed by atoms with Crippen LogP contribution in [0.15, 0.2) is 48.8 Å². The van der Waals surface area contributed by atoms with Crippen molar-refractivity contribution in [1.29, 1.82) is 0 Å². The van der Waals surface area contributed by atoms with Crippen LogP contribution in [0.5, 0.6) is 0 Å². The molecule has 7 heteroatoms. The van der Waals surface area contributed by atoms with Gasteiger partial charge in [-0.2, -0.15) is 0 Å². The van der Waals surface area contributed by atoms with E-state index >= 15 is 0 Å². The van der Waals surface area contributed by atoms with Crippen LogP contribution in [0.4, 0.5) is 10.1 Å². The summed E-state index contributed by atoms with van der Waals surface area (Å²) >= 11 is 0. The third-order valence-electron chi connectivity index (χ3n) is 5.76. The van der Waals surface area contributed by atoms with Crippen LogP contribution < -0.4 is 5.32 Å². The molecule has 2 aliphatic rings. The number of carbonyl (C=O) groups is 2. The number of likely N-dealkylation sites (tertiary alicyclic amines) is 1. The number of carbonyl (C=O) groups excluding carboxylic acids is 2. The molecular formula is C21H22FN3O3. The largest absolute Gasteiger partial charge is 0.381 e. The molecule has 2 saturated heterocycles. The van der Waals surface area contributed by atoms with Crippen LogP contribution in [0, 0.1) is 17.2 Å². The molecule has 1 spiro atoms. The Morgan fingerprint density at radius 3 is 2.61 bits per heavy atom. The van der Waals surface area contributed by atoms with Crippen molar-refractivity contribution < 1.29 is 18.7 Å². The summed E-state index contributed by atoms with van der Waals surface area (Å²) < 4.78 is 18.7. The van der Waals surface area contributed by atoms with Crippen molar-refractivity contribution in [3.05, 3.63) is 60.2 Å². The molecule has 0 unspecified atom stereocenters. The molecule has 0 aliphatic carbocycles. The molecule has 0 bridgehead atoms. The summed E-state index contributed by atoms with van der Waals surface area (Å²) in [4.78, 5) is 31.8. The Balaban J connectivity index is 1.56. The summed E-state index contributed by atoms with van der Waals surface area (Å²) in [5, 5.41) is 2.93. The zero-order chi connectivity index (χ0) is 19.6. The van der Waals surface area contributed by atoms with Crippen molar-refractivity contribution in [2.24, 2.45) is 11.3 Å². The lowest BCUT2D eigenvalue weighted by molar-refractivity contribution is -0.124. The van der Waals surface area contributed by atoms with Crippen LogP contribution in [0.25, 0.3) is 0 Å². The van der Waals surface area contributed by atoms with Crippen LogP contribution >= 0.6 is 0 Å². The van der Waals surface area contributed by atoms with Gasteiger partial charge in [0, 0.05) is 43.5 Å². The fourth-order valence-corrected chi connectivity index (χ4v) is 4.21. The highest BCUT2D eigenvalue weighted by Crippen LogP contribution is 2.45. The Morgan fingerprint density at radius 2 is 1.93 bits per heavy atom. The maximum atomic E-state index is 13.2. The highest BCUT2D eigenvalue weighted by atomic mass is 19.1. The third-order valence-corrected chi connectivity index (χ3v) is 5.76. The summed E-state index contributed by atoms with van der Waals surface area (Å²) in [7, 11) is 0. The van der Waals surface area contributed by atoms with E-state index in [4.69, 9.17) is 4.74 Å². The monoisotopic (exact) mass is 383 g/mol. The van der Waals surface area contributed by atoms with E-state index in [1.165, 1.54) is 24.3 Å². The first-order valence-electron chi connectivity index (χ1n) is 9.41. The second-order valence-electron chi connectivity index (χ2n) is 7.45. The predicted octanol–water partition coefficient (Wildman–Crippen LogP) is 2.73. The number of anilines is 1. The average Bonchev–Trinajstić information content (AvgIpc) is 3.08. The lowest BCUT2D eigenvalue weighted by Gasteiger charge is -2.37. The minimum Gasteiger partial charge on any atom is -0.381 e. The number of amides is 2. The summed E-state index contributed by atoms with van der Waals surface area (Å²) in [6, 6.07) is 9.08. The first-order valence-corrected chi connectivity index (χ1v) is 9.41. The van der Waals surface area contributed by atoms with Crippen molar-refractivity contribution in [2.75, 3.05) is 31.6 Å². The molecule has 6 nitrogen and oxygen atoms in total. The number of hydrogen-bond donors (Lipinski definition) is 1. The Kier molecular flexibility index (Phi) is 5.09. The van der Waals surface area contributed by atoms with E-state index in [2.05, 4.69) is 10.3 Å². The predicted molar refractivity (Wildman–Crippen MR) is 101 cm³/mol. The molecular weight excluding hydrogens is 361 g/mol. The maximum Gasteiger partial charge on any atom is 0.253 e. The van der Waals surface area contributed by atoms with Crippen LogP contribution in [0.3, 0.4) is 0 Å². The molecule has 2 aliphatic heterocycles. The number of hydrogen-bond acceptors (Lipinski definition) is 4. The molecule has 146 valence electrons. The fourth-order valence-electron chi connectivity index (χ4n) is 4.21. The summed E-state index contributed by atoms with van der Waals surface area (Å²) in [6.45, 7) is 1.99. The Hall–Kier alpha value is -2.80. The number of aromatic nitrogens is 1. The van der Waals surface area contributed by atoms with E-state index in [0.29, 0.717) is 37.6 Å². The molecule has 0 radical (unpaired) electrons. The molecule has 2 amide bonds. The van der Waals surface area contributed by atoms with Gasteiger partial charge < -0.3 is 15.0 Å². The van der Waals surface area contributed by atoms with Gasteiger partial charge >= 0.3 is 0 Å². The van der Waals surface area contributed by atoms with Gasteiger partial charge in [-0.15, -0.1) is 0 Å². The number of nitrogens with one attached hydrogen (secondary N) is 1. The molecule has 1 N–H and O–H groups in total. The first-order chi connectivity index (χ1) is 13.6. The second-order valence-corrected chi connectivity index (χ2v) is 7.45. The lowest BCUT2D eigenvalue weighted by atomic mass is 9.71. The van der Waals surface area contributed by atoms with Crippen LogP contribution in [-0.2, 0) is 9.53 Å². The van der Waals surface area contributed by atoms with Crippen molar-refractivity contribution in [2.45, 2.75) is 12.8 Å². The van der Waals surface area contributed by atoms with Crippen molar-refractivity contribution in [3.8, 4) is 0 Å². The molecule has 1 atom stereocenters. The Labute approximate surface area is 162 Å². The van der Waals surface area contributed by atoms with Gasteiger partial charge in [-0.1, -0.05) is 0 Å². The summed E-state index contributed by atoms with van der Waals surface area (Å²) in [6.07, 6.45) is 4.70. The van der Waals surface area contributed by atoms with E-state index in [-0.39, 0.29) is 29.0 Å². The molecule has 1 aromatic carbocycles. The SMILES string of the molecule is O=C(Nc1cccnc1)[C@@H]1CN(C(=O)c2ccc(F)cc2)CC12CCOCC2. The van der Waals surface area contributed by atoms with E-state index in [0.717, 1.165) is 12.8 Å². The molecule has 3 heterocycles.